The monoisotopic (exact) mass is 356 g/mol. The van der Waals surface area contributed by atoms with E-state index in [1.165, 1.54) is 76.2 Å². The van der Waals surface area contributed by atoms with Crippen molar-refractivity contribution in [3.8, 4) is 0 Å². The summed E-state index contributed by atoms with van der Waals surface area (Å²) in [5.74, 6) is 3.01. The molecule has 0 bridgehead atoms. The van der Waals surface area contributed by atoms with E-state index in [-0.39, 0.29) is 5.82 Å². The fourth-order valence-electron chi connectivity index (χ4n) is 5.24. The number of benzene rings is 1. The molecule has 1 aromatic carbocycles. The van der Waals surface area contributed by atoms with Crippen LogP contribution in [0.1, 0.15) is 94.6 Å². The molecule has 2 aliphatic rings. The third kappa shape index (κ3) is 5.21. The van der Waals surface area contributed by atoms with Gasteiger partial charge in [-0.3, -0.25) is 0 Å². The van der Waals surface area contributed by atoms with Crippen molar-refractivity contribution in [2.75, 3.05) is 0 Å². The average molecular weight is 357 g/mol. The van der Waals surface area contributed by atoms with Crippen LogP contribution in [0.3, 0.4) is 0 Å². The van der Waals surface area contributed by atoms with Crippen LogP contribution in [0.2, 0.25) is 0 Å². The Kier molecular flexibility index (Phi) is 7.34. The molecule has 1 aromatic rings. The van der Waals surface area contributed by atoms with Gasteiger partial charge >= 0.3 is 0 Å². The first-order valence-corrected chi connectivity index (χ1v) is 11.1. The van der Waals surface area contributed by atoms with Crippen LogP contribution in [0, 0.1) is 30.5 Å². The zero-order chi connectivity index (χ0) is 18.4. The molecule has 0 N–H and O–H groups in total. The summed E-state index contributed by atoms with van der Waals surface area (Å²) in [7, 11) is 0. The van der Waals surface area contributed by atoms with Crippen LogP contribution in [-0.2, 0) is 0 Å². The smallest absolute Gasteiger partial charge is 0.126 e. The lowest BCUT2D eigenvalue weighted by Crippen LogP contribution is -2.23. The number of aryl methyl sites for hydroxylation is 1. The van der Waals surface area contributed by atoms with Crippen LogP contribution in [0.15, 0.2) is 30.4 Å². The maximum absolute atomic E-state index is 14.3. The first-order chi connectivity index (χ1) is 12.7. The Labute approximate surface area is 160 Å². The minimum absolute atomic E-state index is 0.0207. The molecular weight excluding hydrogens is 319 g/mol. The molecule has 0 saturated heterocycles. The molecule has 1 heteroatoms. The first-order valence-electron chi connectivity index (χ1n) is 11.1. The van der Waals surface area contributed by atoms with E-state index in [0.29, 0.717) is 5.92 Å². The van der Waals surface area contributed by atoms with Gasteiger partial charge in [-0.25, -0.2) is 4.39 Å². The Hall–Kier alpha value is -1.11. The maximum Gasteiger partial charge on any atom is 0.126 e. The molecule has 0 nitrogen and oxygen atoms in total. The second-order valence-electron chi connectivity index (χ2n) is 8.92. The van der Waals surface area contributed by atoms with Gasteiger partial charge in [-0.15, -0.1) is 0 Å². The molecule has 0 aromatic heterocycles. The van der Waals surface area contributed by atoms with Crippen molar-refractivity contribution >= 4 is 0 Å². The van der Waals surface area contributed by atoms with Gasteiger partial charge in [0.2, 0.25) is 0 Å². The van der Waals surface area contributed by atoms with Gasteiger partial charge in [-0.2, -0.15) is 0 Å². The van der Waals surface area contributed by atoms with Crippen LogP contribution in [0.25, 0.3) is 0 Å². The highest BCUT2D eigenvalue weighted by Crippen LogP contribution is 2.44. The lowest BCUT2D eigenvalue weighted by atomic mass is 9.69. The fourth-order valence-corrected chi connectivity index (χ4v) is 5.24. The van der Waals surface area contributed by atoms with Crippen molar-refractivity contribution in [2.24, 2.45) is 17.8 Å². The van der Waals surface area contributed by atoms with Crippen LogP contribution in [0.5, 0.6) is 0 Å². The number of hydrogen-bond acceptors (Lipinski definition) is 0. The van der Waals surface area contributed by atoms with Crippen molar-refractivity contribution in [3.63, 3.8) is 0 Å². The third-order valence-electron chi connectivity index (χ3n) is 7.02. The molecule has 26 heavy (non-hydrogen) atoms. The van der Waals surface area contributed by atoms with Crippen molar-refractivity contribution < 1.29 is 4.39 Å². The van der Waals surface area contributed by atoms with Crippen molar-refractivity contribution in [1.82, 2.24) is 0 Å². The molecule has 1 fully saturated rings. The summed E-state index contributed by atoms with van der Waals surface area (Å²) in [4.78, 5) is 0. The van der Waals surface area contributed by atoms with Crippen molar-refractivity contribution in [1.29, 1.82) is 0 Å². The quantitative estimate of drug-likeness (QED) is 0.435. The van der Waals surface area contributed by atoms with Gasteiger partial charge in [-0.05, 0) is 86.3 Å². The highest BCUT2D eigenvalue weighted by molar-refractivity contribution is 5.27. The van der Waals surface area contributed by atoms with Crippen molar-refractivity contribution in [2.45, 2.75) is 90.4 Å². The molecule has 2 unspecified atom stereocenters. The average Bonchev–Trinajstić information content (AvgIpc) is 2.68. The van der Waals surface area contributed by atoms with E-state index in [0.717, 1.165) is 23.3 Å². The molecule has 2 aliphatic carbocycles. The van der Waals surface area contributed by atoms with Gasteiger partial charge in [-0.1, -0.05) is 63.3 Å². The minimum atomic E-state index is -0.0207. The Morgan fingerprint density at radius 1 is 1.04 bits per heavy atom. The first kappa shape index (κ1) is 19.6. The summed E-state index contributed by atoms with van der Waals surface area (Å²) in [5.41, 5.74) is 2.04. The van der Waals surface area contributed by atoms with E-state index < -0.39 is 0 Å². The van der Waals surface area contributed by atoms with E-state index >= 15 is 0 Å². The normalized spacial score (nSPS) is 27.4. The Morgan fingerprint density at radius 3 is 2.50 bits per heavy atom. The van der Waals surface area contributed by atoms with Gasteiger partial charge in [0, 0.05) is 0 Å². The number of hydrogen-bond donors (Lipinski definition) is 0. The summed E-state index contributed by atoms with van der Waals surface area (Å²) in [5, 5.41) is 0. The second kappa shape index (κ2) is 9.72. The lowest BCUT2D eigenvalue weighted by molar-refractivity contribution is 0.210. The zero-order valence-corrected chi connectivity index (χ0v) is 16.9. The fraction of sp³-hybridized carbons (Fsp3) is 0.680. The molecule has 144 valence electrons. The lowest BCUT2D eigenvalue weighted by Gasteiger charge is -2.36. The zero-order valence-electron chi connectivity index (χ0n) is 16.9. The summed E-state index contributed by atoms with van der Waals surface area (Å²) in [6, 6.07) is 6.05. The van der Waals surface area contributed by atoms with E-state index in [4.69, 9.17) is 0 Å². The standard InChI is InChI=1S/C25H37F/c1-3-4-8-20-12-15-22(16-13-20)24(17-21-9-6-5-7-10-21)23-14-11-19(2)25(26)18-23/h5-6,11,14,18,20-22,24H,3-4,7-10,12-13,15-17H2,1-2H3. The molecule has 0 heterocycles. The van der Waals surface area contributed by atoms with Gasteiger partial charge < -0.3 is 0 Å². The summed E-state index contributed by atoms with van der Waals surface area (Å²) in [6.45, 7) is 4.17. The van der Waals surface area contributed by atoms with Crippen LogP contribution >= 0.6 is 0 Å². The Morgan fingerprint density at radius 2 is 1.85 bits per heavy atom. The van der Waals surface area contributed by atoms with E-state index in [1.807, 2.05) is 19.1 Å². The van der Waals surface area contributed by atoms with E-state index in [1.54, 1.807) is 0 Å². The number of halogens is 1. The van der Waals surface area contributed by atoms with Crippen LogP contribution < -0.4 is 0 Å². The van der Waals surface area contributed by atoms with Gasteiger partial charge in [0.05, 0.1) is 0 Å². The van der Waals surface area contributed by atoms with Gasteiger partial charge in [0.25, 0.3) is 0 Å². The number of allylic oxidation sites excluding steroid dienone is 2. The van der Waals surface area contributed by atoms with Crippen molar-refractivity contribution in [3.05, 3.63) is 47.3 Å². The van der Waals surface area contributed by atoms with Gasteiger partial charge in [0.1, 0.15) is 5.82 Å². The highest BCUT2D eigenvalue weighted by atomic mass is 19.1. The predicted molar refractivity (Wildman–Crippen MR) is 110 cm³/mol. The van der Waals surface area contributed by atoms with Crippen LogP contribution in [-0.4, -0.2) is 0 Å². The highest BCUT2D eigenvalue weighted by Gasteiger charge is 2.30. The van der Waals surface area contributed by atoms with Crippen LogP contribution in [0.4, 0.5) is 4.39 Å². The molecule has 0 spiro atoms. The second-order valence-corrected chi connectivity index (χ2v) is 8.92. The molecule has 0 aliphatic heterocycles. The molecule has 0 amide bonds. The molecular formula is C25H37F. The topological polar surface area (TPSA) is 0 Å². The van der Waals surface area contributed by atoms with E-state index in [9.17, 15) is 4.39 Å². The Balaban J connectivity index is 1.70. The Bertz CT molecular complexity index is 580. The largest absolute Gasteiger partial charge is 0.207 e. The predicted octanol–water partition coefficient (Wildman–Crippen LogP) is 7.96. The number of unbranched alkanes of at least 4 members (excludes halogenated alkanes) is 1. The summed E-state index contributed by atoms with van der Waals surface area (Å²) >= 11 is 0. The summed E-state index contributed by atoms with van der Waals surface area (Å²) in [6.07, 6.45) is 19.3. The SMILES string of the molecule is CCCCC1CCC(C(CC2CC=CCC2)c2ccc(C)c(F)c2)CC1. The third-order valence-corrected chi connectivity index (χ3v) is 7.02. The molecule has 1 saturated carbocycles. The maximum atomic E-state index is 14.3. The molecule has 3 rings (SSSR count). The number of rotatable bonds is 7. The van der Waals surface area contributed by atoms with Gasteiger partial charge in [0.15, 0.2) is 0 Å². The molecule has 2 atom stereocenters. The minimum Gasteiger partial charge on any atom is -0.207 e. The summed E-state index contributed by atoms with van der Waals surface area (Å²) < 4.78 is 14.3. The van der Waals surface area contributed by atoms with E-state index in [2.05, 4.69) is 25.1 Å². The molecule has 0 radical (unpaired) electrons.